The topological polar surface area (TPSA) is 0 Å². The highest BCUT2D eigenvalue weighted by molar-refractivity contribution is 6.78. The maximum absolute atomic E-state index is 2.47. The van der Waals surface area contributed by atoms with Gasteiger partial charge in [-0.1, -0.05) is 31.3 Å². The van der Waals surface area contributed by atoms with E-state index in [-0.39, 0.29) is 0 Å². The van der Waals surface area contributed by atoms with Crippen molar-refractivity contribution in [2.24, 2.45) is 0 Å². The van der Waals surface area contributed by atoms with Crippen molar-refractivity contribution >= 4 is 8.07 Å². The zero-order chi connectivity index (χ0) is 6.04. The third kappa shape index (κ3) is 1.48. The number of rotatable bonds is 0. The maximum Gasteiger partial charge on any atom is 0.0514 e. The van der Waals surface area contributed by atoms with Crippen molar-refractivity contribution in [1.82, 2.24) is 0 Å². The van der Waals surface area contributed by atoms with Gasteiger partial charge in [0.15, 0.2) is 0 Å². The Morgan fingerprint density at radius 3 is 2.25 bits per heavy atom. The molecule has 0 fully saturated rings. The second-order valence-corrected chi connectivity index (χ2v) is 8.62. The molecule has 0 unspecified atom stereocenters. The Labute approximate surface area is 52.6 Å². The Balaban J connectivity index is 2.50. The molecular formula is C7H14Si. The van der Waals surface area contributed by atoms with Crippen molar-refractivity contribution < 1.29 is 0 Å². The third-order valence-electron chi connectivity index (χ3n) is 1.82. The Morgan fingerprint density at radius 2 is 2.00 bits per heavy atom. The van der Waals surface area contributed by atoms with Crippen LogP contribution in [0.15, 0.2) is 12.2 Å². The zero-order valence-electron chi connectivity index (χ0n) is 5.78. The highest BCUT2D eigenvalue weighted by Crippen LogP contribution is 2.22. The van der Waals surface area contributed by atoms with E-state index in [9.17, 15) is 0 Å². The van der Waals surface area contributed by atoms with Gasteiger partial charge in [-0.05, 0) is 12.5 Å². The van der Waals surface area contributed by atoms with Crippen molar-refractivity contribution in [2.75, 3.05) is 0 Å². The van der Waals surface area contributed by atoms with Gasteiger partial charge in [0.25, 0.3) is 0 Å². The Hall–Kier alpha value is -0.0431. The lowest BCUT2D eigenvalue weighted by Gasteiger charge is -2.22. The molecule has 0 spiro atoms. The summed E-state index contributed by atoms with van der Waals surface area (Å²) >= 11 is 0. The summed E-state index contributed by atoms with van der Waals surface area (Å²) in [5, 5.41) is 0. The van der Waals surface area contributed by atoms with Crippen LogP contribution in [-0.4, -0.2) is 8.07 Å². The molecule has 0 N–H and O–H groups in total. The molecule has 0 aromatic carbocycles. The first-order valence-corrected chi connectivity index (χ1v) is 6.77. The fraction of sp³-hybridized carbons (Fsp3) is 0.714. The molecule has 0 aliphatic carbocycles. The molecule has 0 aromatic heterocycles. The first kappa shape index (κ1) is 6.08. The van der Waals surface area contributed by atoms with Crippen molar-refractivity contribution in [3.8, 4) is 0 Å². The molecular weight excluding hydrogens is 112 g/mol. The lowest BCUT2D eigenvalue weighted by molar-refractivity contribution is 1.11. The molecule has 1 heterocycles. The van der Waals surface area contributed by atoms with Gasteiger partial charge in [-0.3, -0.25) is 0 Å². The molecule has 1 aliphatic heterocycles. The van der Waals surface area contributed by atoms with E-state index in [0.717, 1.165) is 0 Å². The number of hydrogen-bond donors (Lipinski definition) is 0. The van der Waals surface area contributed by atoms with Gasteiger partial charge >= 0.3 is 0 Å². The Kier molecular flexibility index (Phi) is 1.56. The first-order valence-electron chi connectivity index (χ1n) is 3.36. The lowest BCUT2D eigenvalue weighted by Crippen LogP contribution is -2.24. The van der Waals surface area contributed by atoms with Gasteiger partial charge < -0.3 is 0 Å². The second-order valence-electron chi connectivity index (χ2n) is 3.38. The summed E-state index contributed by atoms with van der Waals surface area (Å²) in [4.78, 5) is 0. The lowest BCUT2D eigenvalue weighted by atomic mass is 10.4. The van der Waals surface area contributed by atoms with E-state index in [0.29, 0.717) is 0 Å². The summed E-state index contributed by atoms with van der Waals surface area (Å²) in [5.74, 6) is 0. The average molecular weight is 126 g/mol. The van der Waals surface area contributed by atoms with Crippen molar-refractivity contribution in [3.63, 3.8) is 0 Å². The standard InChI is InChI=1S/C7H14Si/c1-8(2)6-4-3-5-7-8/h3-4H,5-7H2,1-2H3. The molecule has 0 saturated carbocycles. The van der Waals surface area contributed by atoms with E-state index >= 15 is 0 Å². The van der Waals surface area contributed by atoms with Gasteiger partial charge in [-0.25, -0.2) is 0 Å². The van der Waals surface area contributed by atoms with Crippen LogP contribution in [0.2, 0.25) is 25.2 Å². The van der Waals surface area contributed by atoms with Crippen molar-refractivity contribution in [2.45, 2.75) is 31.6 Å². The van der Waals surface area contributed by atoms with Gasteiger partial charge in [-0.2, -0.15) is 0 Å². The van der Waals surface area contributed by atoms with Crippen molar-refractivity contribution in [3.05, 3.63) is 12.2 Å². The molecule has 0 saturated heterocycles. The SMILES string of the molecule is C[Si]1(C)CC=CCC1. The van der Waals surface area contributed by atoms with Crippen LogP contribution < -0.4 is 0 Å². The minimum Gasteiger partial charge on any atom is -0.0912 e. The molecule has 0 radical (unpaired) electrons. The zero-order valence-corrected chi connectivity index (χ0v) is 6.78. The fourth-order valence-electron chi connectivity index (χ4n) is 1.10. The predicted molar refractivity (Wildman–Crippen MR) is 40.9 cm³/mol. The van der Waals surface area contributed by atoms with E-state index in [4.69, 9.17) is 0 Å². The van der Waals surface area contributed by atoms with E-state index in [1.165, 1.54) is 18.5 Å². The molecule has 1 rings (SSSR count). The molecule has 1 aliphatic rings. The third-order valence-corrected chi connectivity index (χ3v) is 4.81. The van der Waals surface area contributed by atoms with Crippen molar-refractivity contribution in [1.29, 1.82) is 0 Å². The van der Waals surface area contributed by atoms with Crippen LogP contribution in [0.25, 0.3) is 0 Å². The molecule has 8 heavy (non-hydrogen) atoms. The highest BCUT2D eigenvalue weighted by Gasteiger charge is 2.19. The van der Waals surface area contributed by atoms with E-state index in [2.05, 4.69) is 25.2 Å². The second kappa shape index (κ2) is 2.06. The summed E-state index contributed by atoms with van der Waals surface area (Å²) in [6.07, 6.45) is 6.02. The normalized spacial score (nSPS) is 25.8. The minimum absolute atomic E-state index is 0.677. The highest BCUT2D eigenvalue weighted by atomic mass is 28.3. The summed E-state index contributed by atoms with van der Waals surface area (Å²) < 4.78 is 0. The molecule has 0 nitrogen and oxygen atoms in total. The smallest absolute Gasteiger partial charge is 0.0514 e. The van der Waals surface area contributed by atoms with Gasteiger partial charge in [-0.15, -0.1) is 0 Å². The van der Waals surface area contributed by atoms with Crippen LogP contribution in [0.4, 0.5) is 0 Å². The van der Waals surface area contributed by atoms with Crippen LogP contribution in [0, 0.1) is 0 Å². The molecule has 46 valence electrons. The first-order chi connectivity index (χ1) is 3.71. The summed E-state index contributed by atoms with van der Waals surface area (Å²) in [5.41, 5.74) is 0. The van der Waals surface area contributed by atoms with E-state index in [1.807, 2.05) is 0 Å². The predicted octanol–water partition coefficient (Wildman–Crippen LogP) is 2.65. The monoisotopic (exact) mass is 126 g/mol. The molecule has 0 amide bonds. The van der Waals surface area contributed by atoms with Crippen LogP contribution in [0.1, 0.15) is 6.42 Å². The quantitative estimate of drug-likeness (QED) is 0.346. The van der Waals surface area contributed by atoms with Crippen LogP contribution in [0.3, 0.4) is 0 Å². The van der Waals surface area contributed by atoms with Crippen LogP contribution in [0.5, 0.6) is 0 Å². The van der Waals surface area contributed by atoms with E-state index in [1.54, 1.807) is 0 Å². The van der Waals surface area contributed by atoms with E-state index < -0.39 is 8.07 Å². The fourth-order valence-corrected chi connectivity index (χ4v) is 3.05. The molecule has 0 aromatic rings. The van der Waals surface area contributed by atoms with Gasteiger partial charge in [0.2, 0.25) is 0 Å². The maximum atomic E-state index is 2.47. The molecule has 0 bridgehead atoms. The largest absolute Gasteiger partial charge is 0.0912 e. The number of hydrogen-bond acceptors (Lipinski definition) is 0. The Bertz CT molecular complexity index is 103. The average Bonchev–Trinajstić information content (AvgIpc) is 1.65. The van der Waals surface area contributed by atoms with Crippen LogP contribution >= 0.6 is 0 Å². The molecule has 1 heteroatoms. The van der Waals surface area contributed by atoms with Gasteiger partial charge in [0.1, 0.15) is 0 Å². The summed E-state index contributed by atoms with van der Waals surface area (Å²) in [6, 6.07) is 2.91. The van der Waals surface area contributed by atoms with Crippen LogP contribution in [-0.2, 0) is 0 Å². The summed E-state index contributed by atoms with van der Waals surface area (Å²) in [6.45, 7) is 4.94. The number of allylic oxidation sites excluding steroid dienone is 2. The molecule has 0 atom stereocenters. The Morgan fingerprint density at radius 1 is 1.25 bits per heavy atom. The summed E-state index contributed by atoms with van der Waals surface area (Å²) in [7, 11) is -0.677. The minimum atomic E-state index is -0.677. The van der Waals surface area contributed by atoms with Gasteiger partial charge in [0.05, 0.1) is 8.07 Å². The van der Waals surface area contributed by atoms with Gasteiger partial charge in [0, 0.05) is 0 Å².